The number of carbonyl (C=O) groups excluding carboxylic acids is 1. The summed E-state index contributed by atoms with van der Waals surface area (Å²) in [6.07, 6.45) is 3.89. The Morgan fingerprint density at radius 1 is 1.76 bits per heavy atom. The monoisotopic (exact) mass is 238 g/mol. The second kappa shape index (κ2) is 5.67. The summed E-state index contributed by atoms with van der Waals surface area (Å²) in [7, 11) is 0. The van der Waals surface area contributed by atoms with E-state index in [0.717, 1.165) is 25.1 Å². The first kappa shape index (κ1) is 11.9. The quantitative estimate of drug-likeness (QED) is 0.725. The lowest BCUT2D eigenvalue weighted by Gasteiger charge is -2.20. The van der Waals surface area contributed by atoms with Crippen molar-refractivity contribution in [3.63, 3.8) is 0 Å². The van der Waals surface area contributed by atoms with E-state index >= 15 is 0 Å². The molecule has 1 fully saturated rings. The number of carbonyl (C=O) groups is 1. The first-order valence-electron chi connectivity index (χ1n) is 5.90. The highest BCUT2D eigenvalue weighted by atomic mass is 16.5. The van der Waals surface area contributed by atoms with Crippen molar-refractivity contribution in [3.05, 3.63) is 18.0 Å². The van der Waals surface area contributed by atoms with Gasteiger partial charge in [-0.15, -0.1) is 0 Å². The van der Waals surface area contributed by atoms with Crippen LogP contribution in [0.5, 0.6) is 0 Å². The summed E-state index contributed by atoms with van der Waals surface area (Å²) in [6.45, 7) is 3.21. The van der Waals surface area contributed by atoms with Gasteiger partial charge in [0.2, 0.25) is 0 Å². The summed E-state index contributed by atoms with van der Waals surface area (Å²) in [5.41, 5.74) is 0.880. The number of aromatic nitrogens is 2. The Balaban J connectivity index is 1.69. The summed E-state index contributed by atoms with van der Waals surface area (Å²) in [4.78, 5) is 11.6. The Labute approximate surface area is 100 Å². The standard InChI is InChI=1S/C11H18N4O2/c1-8(10-3-2-6-17-10)14-11(16)12-7-9-4-5-13-15-9/h4-5,8,10H,2-3,6-7H2,1H3,(H,13,15)(H2,12,14,16). The van der Waals surface area contributed by atoms with Gasteiger partial charge in [0.05, 0.1) is 24.4 Å². The molecule has 6 nitrogen and oxygen atoms in total. The van der Waals surface area contributed by atoms with Crippen molar-refractivity contribution in [2.45, 2.75) is 38.5 Å². The highest BCUT2D eigenvalue weighted by Gasteiger charge is 2.23. The van der Waals surface area contributed by atoms with Gasteiger partial charge in [-0.3, -0.25) is 5.10 Å². The molecule has 94 valence electrons. The fourth-order valence-corrected chi connectivity index (χ4v) is 1.91. The van der Waals surface area contributed by atoms with Crippen LogP contribution >= 0.6 is 0 Å². The predicted octanol–water partition coefficient (Wildman–Crippen LogP) is 0.776. The van der Waals surface area contributed by atoms with Gasteiger partial charge >= 0.3 is 6.03 Å². The molecule has 0 aliphatic carbocycles. The fraction of sp³-hybridized carbons (Fsp3) is 0.636. The lowest BCUT2D eigenvalue weighted by molar-refractivity contribution is 0.0860. The van der Waals surface area contributed by atoms with Crippen LogP contribution in [0, 0.1) is 0 Å². The molecule has 6 heteroatoms. The predicted molar refractivity (Wildman–Crippen MR) is 62.4 cm³/mol. The van der Waals surface area contributed by atoms with Crippen molar-refractivity contribution in [2.24, 2.45) is 0 Å². The lowest BCUT2D eigenvalue weighted by atomic mass is 10.1. The minimum atomic E-state index is -0.178. The van der Waals surface area contributed by atoms with Crippen LogP contribution in [-0.4, -0.2) is 35.0 Å². The maximum Gasteiger partial charge on any atom is 0.315 e. The van der Waals surface area contributed by atoms with Crippen LogP contribution in [-0.2, 0) is 11.3 Å². The van der Waals surface area contributed by atoms with Gasteiger partial charge in [0.1, 0.15) is 0 Å². The third-order valence-corrected chi connectivity index (χ3v) is 2.88. The highest BCUT2D eigenvalue weighted by Crippen LogP contribution is 2.15. The molecule has 17 heavy (non-hydrogen) atoms. The Morgan fingerprint density at radius 3 is 3.29 bits per heavy atom. The topological polar surface area (TPSA) is 79.0 Å². The summed E-state index contributed by atoms with van der Waals surface area (Å²) < 4.78 is 5.51. The molecule has 3 N–H and O–H groups in total. The molecule has 0 radical (unpaired) electrons. The SMILES string of the molecule is CC(NC(=O)NCc1ccn[nH]1)C1CCCO1. The summed E-state index contributed by atoms with van der Waals surface area (Å²) in [5.74, 6) is 0. The van der Waals surface area contributed by atoms with Crippen LogP contribution < -0.4 is 10.6 Å². The van der Waals surface area contributed by atoms with Crippen LogP contribution in [0.1, 0.15) is 25.5 Å². The Kier molecular flexibility index (Phi) is 3.98. The number of aromatic amines is 1. The second-order valence-electron chi connectivity index (χ2n) is 4.25. The van der Waals surface area contributed by atoms with Gasteiger partial charge in [0, 0.05) is 12.8 Å². The maximum atomic E-state index is 11.6. The van der Waals surface area contributed by atoms with E-state index in [4.69, 9.17) is 4.74 Å². The number of ether oxygens (including phenoxy) is 1. The van der Waals surface area contributed by atoms with Crippen LogP contribution in [0.2, 0.25) is 0 Å². The number of hydrogen-bond acceptors (Lipinski definition) is 3. The van der Waals surface area contributed by atoms with E-state index in [1.165, 1.54) is 0 Å². The number of nitrogens with one attached hydrogen (secondary N) is 3. The number of nitrogens with zero attached hydrogens (tertiary/aromatic N) is 1. The zero-order valence-corrected chi connectivity index (χ0v) is 9.90. The van der Waals surface area contributed by atoms with Crippen LogP contribution in [0.25, 0.3) is 0 Å². The van der Waals surface area contributed by atoms with E-state index in [9.17, 15) is 4.79 Å². The first-order chi connectivity index (χ1) is 8.25. The van der Waals surface area contributed by atoms with Gasteiger partial charge in [0.15, 0.2) is 0 Å². The van der Waals surface area contributed by atoms with Gasteiger partial charge in [-0.1, -0.05) is 0 Å². The van der Waals surface area contributed by atoms with E-state index in [2.05, 4.69) is 20.8 Å². The third-order valence-electron chi connectivity index (χ3n) is 2.88. The van der Waals surface area contributed by atoms with E-state index in [1.54, 1.807) is 6.20 Å². The second-order valence-corrected chi connectivity index (χ2v) is 4.25. The smallest absolute Gasteiger partial charge is 0.315 e. The van der Waals surface area contributed by atoms with Crippen LogP contribution in [0.15, 0.2) is 12.3 Å². The van der Waals surface area contributed by atoms with Crippen molar-refractivity contribution in [3.8, 4) is 0 Å². The molecule has 1 saturated heterocycles. The molecule has 0 spiro atoms. The summed E-state index contributed by atoms with van der Waals surface area (Å²) >= 11 is 0. The van der Waals surface area contributed by atoms with Gasteiger partial charge < -0.3 is 15.4 Å². The van der Waals surface area contributed by atoms with E-state index in [-0.39, 0.29) is 18.2 Å². The molecular formula is C11H18N4O2. The van der Waals surface area contributed by atoms with Gasteiger partial charge in [-0.05, 0) is 25.8 Å². The molecule has 2 unspecified atom stereocenters. The Hall–Kier alpha value is -1.56. The Morgan fingerprint density at radius 2 is 2.65 bits per heavy atom. The fourth-order valence-electron chi connectivity index (χ4n) is 1.91. The van der Waals surface area contributed by atoms with Gasteiger partial charge in [-0.2, -0.15) is 5.10 Å². The molecule has 2 heterocycles. The number of amides is 2. The van der Waals surface area contributed by atoms with Gasteiger partial charge in [0.25, 0.3) is 0 Å². The van der Waals surface area contributed by atoms with Crippen molar-refractivity contribution in [1.29, 1.82) is 0 Å². The van der Waals surface area contributed by atoms with Crippen molar-refractivity contribution in [2.75, 3.05) is 6.61 Å². The zero-order valence-electron chi connectivity index (χ0n) is 9.90. The van der Waals surface area contributed by atoms with Crippen molar-refractivity contribution in [1.82, 2.24) is 20.8 Å². The first-order valence-corrected chi connectivity index (χ1v) is 5.90. The van der Waals surface area contributed by atoms with E-state index < -0.39 is 0 Å². The minimum Gasteiger partial charge on any atom is -0.376 e. The number of H-pyrrole nitrogens is 1. The summed E-state index contributed by atoms with van der Waals surface area (Å²) in [6, 6.07) is 1.69. The van der Waals surface area contributed by atoms with E-state index in [0.29, 0.717) is 6.54 Å². The zero-order chi connectivity index (χ0) is 12.1. The van der Waals surface area contributed by atoms with Crippen LogP contribution in [0.3, 0.4) is 0 Å². The molecule has 1 aromatic rings. The Bertz CT molecular complexity index is 346. The molecular weight excluding hydrogens is 220 g/mol. The van der Waals surface area contributed by atoms with E-state index in [1.807, 2.05) is 13.0 Å². The molecule has 2 atom stereocenters. The molecule has 0 aromatic carbocycles. The minimum absolute atomic E-state index is 0.0410. The molecule has 2 rings (SSSR count). The number of urea groups is 1. The average Bonchev–Trinajstić information content (AvgIpc) is 2.99. The summed E-state index contributed by atoms with van der Waals surface area (Å²) in [5, 5.41) is 12.2. The van der Waals surface area contributed by atoms with Crippen molar-refractivity contribution < 1.29 is 9.53 Å². The number of hydrogen-bond donors (Lipinski definition) is 3. The van der Waals surface area contributed by atoms with Gasteiger partial charge in [-0.25, -0.2) is 4.79 Å². The largest absolute Gasteiger partial charge is 0.376 e. The molecule has 1 aromatic heterocycles. The molecule has 1 aliphatic rings. The molecule has 1 aliphatic heterocycles. The normalized spacial score (nSPS) is 21.1. The maximum absolute atomic E-state index is 11.6. The van der Waals surface area contributed by atoms with Crippen molar-refractivity contribution >= 4 is 6.03 Å². The number of rotatable bonds is 4. The highest BCUT2D eigenvalue weighted by molar-refractivity contribution is 5.74. The molecule has 0 bridgehead atoms. The third kappa shape index (κ3) is 3.45. The van der Waals surface area contributed by atoms with Crippen LogP contribution in [0.4, 0.5) is 4.79 Å². The lowest BCUT2D eigenvalue weighted by Crippen LogP contribution is -2.45. The molecule has 0 saturated carbocycles. The molecule has 2 amide bonds. The average molecular weight is 238 g/mol.